The fourth-order valence-corrected chi connectivity index (χ4v) is 4.12. The molecule has 1 aromatic heterocycles. The molecule has 0 bridgehead atoms. The minimum Gasteiger partial charge on any atom is -0.507 e. The number of hydrogen-bond acceptors (Lipinski definition) is 5. The zero-order valence-electron chi connectivity index (χ0n) is 17.2. The summed E-state index contributed by atoms with van der Waals surface area (Å²) in [5.41, 5.74) is 1.86. The second-order valence-corrected chi connectivity index (χ2v) is 8.10. The van der Waals surface area contributed by atoms with Gasteiger partial charge in [-0.3, -0.25) is 19.5 Å². The molecule has 0 radical (unpaired) electrons. The van der Waals surface area contributed by atoms with Gasteiger partial charge < -0.3 is 9.84 Å². The molecule has 1 amide bonds. The van der Waals surface area contributed by atoms with Crippen molar-refractivity contribution in [2.24, 2.45) is 0 Å². The quantitative estimate of drug-likeness (QED) is 0.317. The summed E-state index contributed by atoms with van der Waals surface area (Å²) in [5.74, 6) is -1.70. The average Bonchev–Trinajstić information content (AvgIpc) is 3.06. The third-order valence-electron chi connectivity index (χ3n) is 5.29. The first-order chi connectivity index (χ1) is 15.3. The molecule has 3 aromatic rings. The van der Waals surface area contributed by atoms with Crippen LogP contribution in [0.3, 0.4) is 0 Å². The Morgan fingerprint density at radius 3 is 2.50 bits per heavy atom. The van der Waals surface area contributed by atoms with Gasteiger partial charge in [-0.1, -0.05) is 35.3 Å². The van der Waals surface area contributed by atoms with Crippen LogP contribution >= 0.6 is 23.2 Å². The summed E-state index contributed by atoms with van der Waals surface area (Å²) in [4.78, 5) is 31.9. The highest BCUT2D eigenvalue weighted by molar-refractivity contribution is 6.52. The molecular formula is C24H18Cl2N2O4. The minimum atomic E-state index is -0.926. The fourth-order valence-electron chi connectivity index (χ4n) is 3.79. The maximum atomic E-state index is 13.2. The van der Waals surface area contributed by atoms with E-state index in [4.69, 9.17) is 27.9 Å². The van der Waals surface area contributed by atoms with Crippen molar-refractivity contribution in [2.75, 3.05) is 12.0 Å². The Labute approximate surface area is 194 Å². The number of Topliss-reactive ketones (excluding diaryl/α,β-unsaturated/α-hetero) is 1. The molecule has 32 heavy (non-hydrogen) atoms. The second-order valence-electron chi connectivity index (χ2n) is 7.23. The Hall–Kier alpha value is -3.35. The summed E-state index contributed by atoms with van der Waals surface area (Å²) in [6.07, 6.45) is 3.13. The smallest absolute Gasteiger partial charge is 0.300 e. The molecule has 8 heteroatoms. The fraction of sp³-hybridized carbons (Fsp3) is 0.125. The van der Waals surface area contributed by atoms with Gasteiger partial charge in [-0.05, 0) is 54.4 Å². The van der Waals surface area contributed by atoms with E-state index in [0.717, 1.165) is 5.56 Å². The predicted molar refractivity (Wildman–Crippen MR) is 123 cm³/mol. The molecule has 0 saturated carbocycles. The summed E-state index contributed by atoms with van der Waals surface area (Å²) in [7, 11) is 1.44. The van der Waals surface area contributed by atoms with E-state index < -0.39 is 23.5 Å². The number of pyridine rings is 1. The molecule has 0 spiro atoms. The highest BCUT2D eigenvalue weighted by Gasteiger charge is 2.47. The van der Waals surface area contributed by atoms with Gasteiger partial charge in [-0.15, -0.1) is 0 Å². The number of halogens is 2. The lowest BCUT2D eigenvalue weighted by Crippen LogP contribution is -2.30. The van der Waals surface area contributed by atoms with E-state index in [1.807, 2.05) is 6.92 Å². The molecule has 2 aromatic carbocycles. The molecule has 1 fully saturated rings. The van der Waals surface area contributed by atoms with Gasteiger partial charge >= 0.3 is 0 Å². The van der Waals surface area contributed by atoms with E-state index in [9.17, 15) is 14.7 Å². The van der Waals surface area contributed by atoms with Crippen LogP contribution in [-0.4, -0.2) is 28.9 Å². The van der Waals surface area contributed by atoms with Crippen molar-refractivity contribution in [2.45, 2.75) is 13.0 Å². The Kier molecular flexibility index (Phi) is 5.91. The van der Waals surface area contributed by atoms with Crippen LogP contribution in [0.15, 0.2) is 66.5 Å². The maximum absolute atomic E-state index is 13.2. The van der Waals surface area contributed by atoms with Crippen LogP contribution in [0.2, 0.25) is 10.0 Å². The Balaban J connectivity index is 2.01. The van der Waals surface area contributed by atoms with Crippen molar-refractivity contribution < 1.29 is 19.4 Å². The topological polar surface area (TPSA) is 79.7 Å². The lowest BCUT2D eigenvalue weighted by atomic mass is 9.95. The van der Waals surface area contributed by atoms with Crippen LogP contribution < -0.4 is 9.64 Å². The number of benzene rings is 2. The largest absolute Gasteiger partial charge is 0.507 e. The normalized spacial score (nSPS) is 17.6. The maximum Gasteiger partial charge on any atom is 0.300 e. The SMILES string of the molecule is COc1ccc(Cl)cc1/C(O)=C1\C(=O)C(=O)N(c2cc(Cl)ccc2C)C1c1cccnc1. The molecule has 4 rings (SSSR count). The van der Waals surface area contributed by atoms with Crippen molar-refractivity contribution in [1.82, 2.24) is 4.98 Å². The molecular weight excluding hydrogens is 451 g/mol. The zero-order chi connectivity index (χ0) is 23.0. The highest BCUT2D eigenvalue weighted by Crippen LogP contribution is 2.44. The molecule has 1 atom stereocenters. The monoisotopic (exact) mass is 468 g/mol. The summed E-state index contributed by atoms with van der Waals surface area (Å²) in [5, 5.41) is 12.0. The Morgan fingerprint density at radius 2 is 1.81 bits per heavy atom. The predicted octanol–water partition coefficient (Wildman–Crippen LogP) is 5.33. The second kappa shape index (κ2) is 8.65. The van der Waals surface area contributed by atoms with Crippen molar-refractivity contribution in [1.29, 1.82) is 0 Å². The Morgan fingerprint density at radius 1 is 1.09 bits per heavy atom. The van der Waals surface area contributed by atoms with Crippen molar-refractivity contribution in [3.8, 4) is 5.75 Å². The van der Waals surface area contributed by atoms with Crippen LogP contribution in [0.25, 0.3) is 5.76 Å². The third-order valence-corrected chi connectivity index (χ3v) is 5.76. The van der Waals surface area contributed by atoms with E-state index >= 15 is 0 Å². The highest BCUT2D eigenvalue weighted by atomic mass is 35.5. The number of methoxy groups -OCH3 is 1. The summed E-state index contributed by atoms with van der Waals surface area (Å²) < 4.78 is 5.34. The van der Waals surface area contributed by atoms with Gasteiger partial charge in [0.2, 0.25) is 0 Å². The number of amides is 1. The van der Waals surface area contributed by atoms with Gasteiger partial charge in [-0.25, -0.2) is 0 Å². The molecule has 1 N–H and O–H groups in total. The molecule has 1 aliphatic rings. The van der Waals surface area contributed by atoms with Crippen LogP contribution in [-0.2, 0) is 9.59 Å². The molecule has 0 aliphatic carbocycles. The first kappa shape index (κ1) is 21.9. The van der Waals surface area contributed by atoms with Crippen LogP contribution in [0.1, 0.15) is 22.7 Å². The van der Waals surface area contributed by atoms with Crippen molar-refractivity contribution in [3.63, 3.8) is 0 Å². The van der Waals surface area contributed by atoms with Gasteiger partial charge in [-0.2, -0.15) is 0 Å². The molecule has 2 heterocycles. The lowest BCUT2D eigenvalue weighted by Gasteiger charge is -2.26. The van der Waals surface area contributed by atoms with Crippen LogP contribution in [0.5, 0.6) is 5.75 Å². The molecule has 1 saturated heterocycles. The Bertz CT molecular complexity index is 1260. The number of carbonyl (C=O) groups excluding carboxylic acids is 2. The lowest BCUT2D eigenvalue weighted by molar-refractivity contribution is -0.132. The number of aliphatic hydroxyl groups is 1. The van der Waals surface area contributed by atoms with Gasteiger partial charge in [0.15, 0.2) is 0 Å². The molecule has 6 nitrogen and oxygen atoms in total. The standard InChI is InChI=1S/C24H18Cl2N2O4/c1-13-5-6-16(26)11-18(13)28-21(14-4-3-9-27-12-14)20(23(30)24(28)31)22(29)17-10-15(25)7-8-19(17)32-2/h3-12,21,29H,1-2H3/b22-20+. The zero-order valence-corrected chi connectivity index (χ0v) is 18.7. The van der Waals surface area contributed by atoms with E-state index in [2.05, 4.69) is 4.98 Å². The summed E-state index contributed by atoms with van der Waals surface area (Å²) in [6, 6.07) is 12.2. The van der Waals surface area contributed by atoms with Crippen LogP contribution in [0.4, 0.5) is 5.69 Å². The van der Waals surface area contributed by atoms with Gasteiger partial charge in [0.05, 0.1) is 24.3 Å². The number of nitrogens with zero attached hydrogens (tertiary/aromatic N) is 2. The van der Waals surface area contributed by atoms with E-state index in [1.165, 1.54) is 18.1 Å². The van der Waals surface area contributed by atoms with E-state index in [1.54, 1.807) is 54.9 Å². The van der Waals surface area contributed by atoms with E-state index in [-0.39, 0.29) is 11.1 Å². The third kappa shape index (κ3) is 3.72. The summed E-state index contributed by atoms with van der Waals surface area (Å²) >= 11 is 12.3. The van der Waals surface area contributed by atoms with Gasteiger partial charge in [0, 0.05) is 28.1 Å². The number of aliphatic hydroxyl groups excluding tert-OH is 1. The van der Waals surface area contributed by atoms with Crippen LogP contribution in [0, 0.1) is 6.92 Å². The number of ketones is 1. The van der Waals surface area contributed by atoms with E-state index in [0.29, 0.717) is 27.0 Å². The molecule has 1 unspecified atom stereocenters. The molecule has 162 valence electrons. The number of aromatic nitrogens is 1. The number of hydrogen-bond donors (Lipinski definition) is 1. The summed E-state index contributed by atoms with van der Waals surface area (Å²) in [6.45, 7) is 1.81. The first-order valence-corrected chi connectivity index (χ1v) is 10.4. The average molecular weight is 469 g/mol. The first-order valence-electron chi connectivity index (χ1n) is 9.64. The minimum absolute atomic E-state index is 0.0945. The molecule has 1 aliphatic heterocycles. The number of anilines is 1. The van der Waals surface area contributed by atoms with Crippen molar-refractivity contribution >= 4 is 46.3 Å². The van der Waals surface area contributed by atoms with Gasteiger partial charge in [0.25, 0.3) is 11.7 Å². The van der Waals surface area contributed by atoms with Crippen molar-refractivity contribution in [3.05, 3.63) is 93.2 Å². The number of rotatable bonds is 4. The number of aryl methyl sites for hydroxylation is 1. The van der Waals surface area contributed by atoms with Gasteiger partial charge in [0.1, 0.15) is 11.5 Å². The number of carbonyl (C=O) groups is 2. The number of ether oxygens (including phenoxy) is 1.